The Balaban J connectivity index is 1.32. The number of urea groups is 1. The number of piperazine rings is 1. The van der Waals surface area contributed by atoms with Crippen molar-refractivity contribution in [2.24, 2.45) is 0 Å². The summed E-state index contributed by atoms with van der Waals surface area (Å²) in [5.41, 5.74) is 5.67. The quantitative estimate of drug-likeness (QED) is 0.396. The summed E-state index contributed by atoms with van der Waals surface area (Å²) in [6.45, 7) is 8.99. The van der Waals surface area contributed by atoms with E-state index in [4.69, 9.17) is 9.97 Å². The van der Waals surface area contributed by atoms with Crippen molar-refractivity contribution in [3.05, 3.63) is 94.9 Å². The molecule has 0 unspecified atom stereocenters. The third kappa shape index (κ3) is 5.03. The van der Waals surface area contributed by atoms with Crippen LogP contribution in [0.3, 0.4) is 0 Å². The fourth-order valence-electron chi connectivity index (χ4n) is 4.93. The number of amides is 2. The van der Waals surface area contributed by atoms with Gasteiger partial charge in [-0.1, -0.05) is 73.2 Å². The first-order chi connectivity index (χ1) is 17.5. The first-order valence-corrected chi connectivity index (χ1v) is 12.7. The molecule has 2 amide bonds. The fourth-order valence-corrected chi connectivity index (χ4v) is 4.93. The Kier molecular flexibility index (Phi) is 6.85. The van der Waals surface area contributed by atoms with Crippen LogP contribution in [0.4, 0.5) is 16.3 Å². The summed E-state index contributed by atoms with van der Waals surface area (Å²) in [5.74, 6) is 1.81. The topological polar surface area (TPSA) is 61.4 Å². The number of benzene rings is 3. The van der Waals surface area contributed by atoms with Crippen molar-refractivity contribution in [3.8, 4) is 0 Å². The van der Waals surface area contributed by atoms with Crippen LogP contribution in [0.2, 0.25) is 0 Å². The number of hydrogen-bond donors (Lipinski definition) is 1. The highest BCUT2D eigenvalue weighted by Gasteiger charge is 2.25. The third-order valence-electron chi connectivity index (χ3n) is 6.92. The maximum Gasteiger partial charge on any atom is 0.321 e. The van der Waals surface area contributed by atoms with E-state index < -0.39 is 0 Å². The van der Waals surface area contributed by atoms with Gasteiger partial charge in [0.25, 0.3) is 0 Å². The Labute approximate surface area is 213 Å². The van der Waals surface area contributed by atoms with Crippen molar-refractivity contribution in [1.29, 1.82) is 0 Å². The molecule has 0 bridgehead atoms. The molecule has 4 aromatic rings. The standard InChI is InChI=1S/C30H33N5O/c1-4-27-26(20-23-14-12-21(2)13-15-23)29(32-22(3)31-27)34-16-18-35(19-17-34)30(36)33-28-11-7-9-24-8-5-6-10-25(24)28/h5-15H,4,16-20H2,1-3H3,(H,33,36). The molecule has 1 aliphatic heterocycles. The van der Waals surface area contributed by atoms with Crippen LogP contribution < -0.4 is 10.2 Å². The van der Waals surface area contributed by atoms with Crippen LogP contribution >= 0.6 is 0 Å². The molecule has 0 saturated carbocycles. The lowest BCUT2D eigenvalue weighted by Gasteiger charge is -2.36. The number of nitrogens with zero attached hydrogens (tertiary/aromatic N) is 4. The van der Waals surface area contributed by atoms with E-state index in [0.717, 1.165) is 59.7 Å². The molecule has 1 N–H and O–H groups in total. The molecule has 0 aliphatic carbocycles. The molecule has 2 heterocycles. The number of rotatable bonds is 5. The van der Waals surface area contributed by atoms with E-state index in [1.54, 1.807) is 0 Å². The molecule has 0 atom stereocenters. The summed E-state index contributed by atoms with van der Waals surface area (Å²) in [6, 6.07) is 22.8. The Morgan fingerprint density at radius 1 is 0.889 bits per heavy atom. The number of carbonyl (C=O) groups is 1. The van der Waals surface area contributed by atoms with Gasteiger partial charge >= 0.3 is 6.03 Å². The highest BCUT2D eigenvalue weighted by atomic mass is 16.2. The smallest absolute Gasteiger partial charge is 0.321 e. The Morgan fingerprint density at radius 3 is 2.36 bits per heavy atom. The molecular formula is C30H33N5O. The van der Waals surface area contributed by atoms with Crippen LogP contribution in [0.5, 0.6) is 0 Å². The summed E-state index contributed by atoms with van der Waals surface area (Å²) in [6.07, 6.45) is 1.67. The van der Waals surface area contributed by atoms with Crippen molar-refractivity contribution in [1.82, 2.24) is 14.9 Å². The van der Waals surface area contributed by atoms with Gasteiger partial charge < -0.3 is 15.1 Å². The molecule has 0 radical (unpaired) electrons. The van der Waals surface area contributed by atoms with E-state index in [-0.39, 0.29) is 6.03 Å². The van der Waals surface area contributed by atoms with Crippen LogP contribution in [0, 0.1) is 13.8 Å². The molecule has 0 spiro atoms. The number of nitrogens with one attached hydrogen (secondary N) is 1. The van der Waals surface area contributed by atoms with E-state index >= 15 is 0 Å². The number of carbonyl (C=O) groups excluding carboxylic acids is 1. The maximum absolute atomic E-state index is 13.1. The number of aromatic nitrogens is 2. The zero-order chi connectivity index (χ0) is 25.1. The number of fused-ring (bicyclic) bond motifs is 1. The lowest BCUT2D eigenvalue weighted by atomic mass is 10.0. The average molecular weight is 480 g/mol. The normalized spacial score (nSPS) is 13.8. The van der Waals surface area contributed by atoms with Gasteiger partial charge in [-0.05, 0) is 37.3 Å². The van der Waals surface area contributed by atoms with Crippen molar-refractivity contribution in [3.63, 3.8) is 0 Å². The molecule has 3 aromatic carbocycles. The van der Waals surface area contributed by atoms with Crippen molar-refractivity contribution in [2.45, 2.75) is 33.6 Å². The predicted molar refractivity (Wildman–Crippen MR) is 147 cm³/mol. The lowest BCUT2D eigenvalue weighted by Crippen LogP contribution is -2.50. The maximum atomic E-state index is 13.1. The summed E-state index contributed by atoms with van der Waals surface area (Å²) in [7, 11) is 0. The van der Waals surface area contributed by atoms with Gasteiger partial charge in [0, 0.05) is 49.2 Å². The van der Waals surface area contributed by atoms with Gasteiger partial charge in [-0.3, -0.25) is 0 Å². The van der Waals surface area contributed by atoms with Crippen LogP contribution in [-0.2, 0) is 12.8 Å². The molecular weight excluding hydrogens is 446 g/mol. The zero-order valence-corrected chi connectivity index (χ0v) is 21.3. The number of anilines is 2. The summed E-state index contributed by atoms with van der Waals surface area (Å²) < 4.78 is 0. The molecule has 1 fully saturated rings. The first-order valence-electron chi connectivity index (χ1n) is 12.7. The van der Waals surface area contributed by atoms with Gasteiger partial charge in [-0.2, -0.15) is 0 Å². The molecule has 6 heteroatoms. The third-order valence-corrected chi connectivity index (χ3v) is 6.92. The highest BCUT2D eigenvalue weighted by molar-refractivity contribution is 6.01. The van der Waals surface area contributed by atoms with Crippen molar-refractivity contribution in [2.75, 3.05) is 36.4 Å². The average Bonchev–Trinajstić information content (AvgIpc) is 2.91. The Morgan fingerprint density at radius 2 is 1.61 bits per heavy atom. The van der Waals surface area contributed by atoms with Gasteiger partial charge in [-0.25, -0.2) is 14.8 Å². The monoisotopic (exact) mass is 479 g/mol. The summed E-state index contributed by atoms with van der Waals surface area (Å²) in [4.78, 5) is 27.0. The second kappa shape index (κ2) is 10.4. The van der Waals surface area contributed by atoms with Gasteiger partial charge in [0.15, 0.2) is 0 Å². The van der Waals surface area contributed by atoms with Crippen LogP contribution in [0.25, 0.3) is 10.8 Å². The number of hydrogen-bond acceptors (Lipinski definition) is 4. The van der Waals surface area contributed by atoms with E-state index in [0.29, 0.717) is 13.1 Å². The fraction of sp³-hybridized carbons (Fsp3) is 0.300. The minimum Gasteiger partial charge on any atom is -0.353 e. The second-order valence-corrected chi connectivity index (χ2v) is 9.47. The lowest BCUT2D eigenvalue weighted by molar-refractivity contribution is 0.208. The van der Waals surface area contributed by atoms with Gasteiger partial charge in [0.2, 0.25) is 0 Å². The van der Waals surface area contributed by atoms with E-state index in [2.05, 4.69) is 60.5 Å². The van der Waals surface area contributed by atoms with E-state index in [1.165, 1.54) is 16.7 Å². The van der Waals surface area contributed by atoms with Crippen LogP contribution in [0.1, 0.15) is 35.1 Å². The first kappa shape index (κ1) is 23.8. The largest absolute Gasteiger partial charge is 0.353 e. The second-order valence-electron chi connectivity index (χ2n) is 9.47. The molecule has 184 valence electrons. The number of aryl methyl sites for hydroxylation is 3. The van der Waals surface area contributed by atoms with E-state index in [1.807, 2.05) is 42.2 Å². The molecule has 36 heavy (non-hydrogen) atoms. The molecule has 1 saturated heterocycles. The summed E-state index contributed by atoms with van der Waals surface area (Å²) >= 11 is 0. The van der Waals surface area contributed by atoms with E-state index in [9.17, 15) is 4.79 Å². The van der Waals surface area contributed by atoms with Crippen molar-refractivity contribution >= 4 is 28.3 Å². The van der Waals surface area contributed by atoms with Gasteiger partial charge in [0.05, 0.1) is 5.69 Å². The highest BCUT2D eigenvalue weighted by Crippen LogP contribution is 2.27. The molecule has 1 aromatic heterocycles. The molecule has 5 rings (SSSR count). The minimum atomic E-state index is -0.0565. The molecule has 1 aliphatic rings. The van der Waals surface area contributed by atoms with Gasteiger partial charge in [-0.15, -0.1) is 0 Å². The minimum absolute atomic E-state index is 0.0565. The van der Waals surface area contributed by atoms with Crippen LogP contribution in [-0.4, -0.2) is 47.1 Å². The predicted octanol–water partition coefficient (Wildman–Crippen LogP) is 5.75. The Hall–Kier alpha value is -3.93. The van der Waals surface area contributed by atoms with Crippen molar-refractivity contribution < 1.29 is 4.79 Å². The zero-order valence-electron chi connectivity index (χ0n) is 21.3. The van der Waals surface area contributed by atoms with Gasteiger partial charge in [0.1, 0.15) is 11.6 Å². The van der Waals surface area contributed by atoms with Crippen LogP contribution in [0.15, 0.2) is 66.7 Å². The molecule has 6 nitrogen and oxygen atoms in total. The summed E-state index contributed by atoms with van der Waals surface area (Å²) in [5, 5.41) is 5.30. The SMILES string of the molecule is CCc1nc(C)nc(N2CCN(C(=O)Nc3cccc4ccccc34)CC2)c1Cc1ccc(C)cc1. The Bertz CT molecular complexity index is 1370.